The molecule has 0 aromatic carbocycles. The number of aryl methyl sites for hydroxylation is 1. The number of pyridine rings is 2. The van der Waals surface area contributed by atoms with E-state index in [2.05, 4.69) is 15.2 Å². The normalized spacial score (nSPS) is 15.0. The second kappa shape index (κ2) is 8.37. The van der Waals surface area contributed by atoms with Gasteiger partial charge in [0, 0.05) is 38.9 Å². The van der Waals surface area contributed by atoms with E-state index in [0.29, 0.717) is 49.5 Å². The van der Waals surface area contributed by atoms with E-state index in [9.17, 15) is 9.59 Å². The highest BCUT2D eigenvalue weighted by atomic mass is 16.5. The van der Waals surface area contributed by atoms with Gasteiger partial charge in [-0.25, -0.2) is 4.98 Å². The van der Waals surface area contributed by atoms with Crippen LogP contribution >= 0.6 is 0 Å². The maximum atomic E-state index is 13.2. The summed E-state index contributed by atoms with van der Waals surface area (Å²) in [5.74, 6) is -0.363. The zero-order chi connectivity index (χ0) is 21.3. The van der Waals surface area contributed by atoms with Gasteiger partial charge in [0.05, 0.1) is 24.2 Å². The Hall–Kier alpha value is -3.04. The molecule has 3 aromatic heterocycles. The average molecular weight is 410 g/mol. The molecule has 158 valence electrons. The lowest BCUT2D eigenvalue weighted by atomic mass is 10.2. The molecular weight excluding hydrogens is 384 g/mol. The Morgan fingerprint density at radius 2 is 2.03 bits per heavy atom. The zero-order valence-electron chi connectivity index (χ0n) is 17.3. The predicted octanol–water partition coefficient (Wildman–Crippen LogP) is 0.519. The second-order valence-corrected chi connectivity index (χ2v) is 7.46. The number of nitrogens with one attached hydrogen (secondary N) is 2. The van der Waals surface area contributed by atoms with Gasteiger partial charge in [0.25, 0.3) is 11.5 Å². The van der Waals surface area contributed by atoms with Crippen LogP contribution in [-0.4, -0.2) is 64.2 Å². The lowest BCUT2D eigenvalue weighted by Gasteiger charge is -2.27. The lowest BCUT2D eigenvalue weighted by Crippen LogP contribution is -2.41. The minimum Gasteiger partial charge on any atom is -0.379 e. The topological polar surface area (TPSA) is 105 Å². The van der Waals surface area contributed by atoms with Crippen molar-refractivity contribution in [2.75, 3.05) is 39.4 Å². The number of hydrogen-bond donors (Lipinski definition) is 2. The number of amides is 1. The van der Waals surface area contributed by atoms with Crippen LogP contribution in [0.4, 0.5) is 0 Å². The van der Waals surface area contributed by atoms with Crippen molar-refractivity contribution >= 4 is 22.6 Å². The van der Waals surface area contributed by atoms with Gasteiger partial charge in [0.1, 0.15) is 16.8 Å². The Bertz CT molecular complexity index is 1220. The van der Waals surface area contributed by atoms with Crippen molar-refractivity contribution in [3.05, 3.63) is 51.4 Å². The quantitative estimate of drug-likeness (QED) is 0.597. The van der Waals surface area contributed by atoms with Crippen LogP contribution in [0.3, 0.4) is 0 Å². The van der Waals surface area contributed by atoms with Crippen LogP contribution in [0.1, 0.15) is 22.8 Å². The van der Waals surface area contributed by atoms with Crippen molar-refractivity contribution in [1.82, 2.24) is 24.2 Å². The summed E-state index contributed by atoms with van der Waals surface area (Å²) in [5, 5.41) is 11.7. The van der Waals surface area contributed by atoms with Crippen LogP contribution < -0.4 is 16.4 Å². The molecule has 30 heavy (non-hydrogen) atoms. The Kier molecular flexibility index (Phi) is 5.65. The summed E-state index contributed by atoms with van der Waals surface area (Å²) in [6.07, 6.45) is 1.74. The molecule has 9 nitrogen and oxygen atoms in total. The molecule has 0 unspecified atom stereocenters. The van der Waals surface area contributed by atoms with Gasteiger partial charge in [-0.05, 0) is 31.5 Å². The highest BCUT2D eigenvalue weighted by Crippen LogP contribution is 2.12. The Morgan fingerprint density at radius 3 is 2.77 bits per heavy atom. The number of rotatable bonds is 5. The summed E-state index contributed by atoms with van der Waals surface area (Å²) >= 11 is 0. The van der Waals surface area contributed by atoms with Crippen molar-refractivity contribution in [3.8, 4) is 0 Å². The molecule has 0 aliphatic carbocycles. The third kappa shape index (κ3) is 3.73. The Labute approximate surface area is 173 Å². The van der Waals surface area contributed by atoms with Gasteiger partial charge in [-0.15, -0.1) is 0 Å². The number of ether oxygens (including phenoxy) is 1. The molecular formula is C21H26N6O3. The number of morpholine rings is 1. The fourth-order valence-corrected chi connectivity index (χ4v) is 3.76. The van der Waals surface area contributed by atoms with E-state index in [4.69, 9.17) is 10.1 Å². The molecule has 0 saturated carbocycles. The molecule has 1 aliphatic heterocycles. The summed E-state index contributed by atoms with van der Waals surface area (Å²) in [4.78, 5) is 32.8. The molecule has 0 bridgehead atoms. The first-order chi connectivity index (χ1) is 14.5. The summed E-state index contributed by atoms with van der Waals surface area (Å²) in [6.45, 7) is 8.31. The zero-order valence-corrected chi connectivity index (χ0v) is 17.3. The molecule has 1 fully saturated rings. The first kappa shape index (κ1) is 20.2. The Balaban J connectivity index is 1.91. The van der Waals surface area contributed by atoms with Crippen LogP contribution in [0.25, 0.3) is 16.7 Å². The van der Waals surface area contributed by atoms with Crippen molar-refractivity contribution in [2.45, 2.75) is 20.4 Å². The van der Waals surface area contributed by atoms with Crippen LogP contribution in [0.15, 0.2) is 29.2 Å². The molecule has 0 spiro atoms. The van der Waals surface area contributed by atoms with E-state index < -0.39 is 0 Å². The second-order valence-electron chi connectivity index (χ2n) is 7.46. The van der Waals surface area contributed by atoms with Crippen molar-refractivity contribution < 1.29 is 9.53 Å². The minimum absolute atomic E-state index is 0.0603. The van der Waals surface area contributed by atoms with Gasteiger partial charge in [0.15, 0.2) is 0 Å². The van der Waals surface area contributed by atoms with E-state index in [1.165, 1.54) is 10.5 Å². The van der Waals surface area contributed by atoms with E-state index in [0.717, 1.165) is 18.7 Å². The summed E-state index contributed by atoms with van der Waals surface area (Å²) in [7, 11) is 0. The molecule has 1 amide bonds. The fourth-order valence-electron chi connectivity index (χ4n) is 3.76. The van der Waals surface area contributed by atoms with Crippen LogP contribution in [-0.2, 0) is 11.3 Å². The first-order valence-corrected chi connectivity index (χ1v) is 10.2. The van der Waals surface area contributed by atoms with Gasteiger partial charge in [-0.1, -0.05) is 6.07 Å². The molecule has 1 saturated heterocycles. The Morgan fingerprint density at radius 1 is 1.27 bits per heavy atom. The molecule has 3 aromatic rings. The maximum Gasteiger partial charge on any atom is 0.267 e. The van der Waals surface area contributed by atoms with Crippen LogP contribution in [0.2, 0.25) is 0 Å². The number of hydrogen-bond acceptors (Lipinski definition) is 6. The molecule has 1 aliphatic rings. The summed E-state index contributed by atoms with van der Waals surface area (Å²) in [6, 6.07) is 5.19. The average Bonchev–Trinajstić information content (AvgIpc) is 2.74. The number of aromatic nitrogens is 3. The van der Waals surface area contributed by atoms with Crippen LogP contribution in [0.5, 0.6) is 0 Å². The number of carbonyl (C=O) groups excluding carboxylic acids is 1. The van der Waals surface area contributed by atoms with Crippen molar-refractivity contribution in [3.63, 3.8) is 0 Å². The van der Waals surface area contributed by atoms with Gasteiger partial charge in [-0.2, -0.15) is 0 Å². The van der Waals surface area contributed by atoms with E-state index in [1.54, 1.807) is 16.8 Å². The maximum absolute atomic E-state index is 13.2. The van der Waals surface area contributed by atoms with Crippen molar-refractivity contribution in [2.24, 2.45) is 0 Å². The molecule has 4 heterocycles. The third-order valence-electron chi connectivity index (χ3n) is 5.38. The minimum atomic E-state index is -0.363. The molecule has 0 radical (unpaired) electrons. The highest BCUT2D eigenvalue weighted by Gasteiger charge is 2.18. The summed E-state index contributed by atoms with van der Waals surface area (Å²) in [5.41, 5.74) is 1.87. The van der Waals surface area contributed by atoms with Gasteiger partial charge < -0.3 is 14.6 Å². The highest BCUT2D eigenvalue weighted by molar-refractivity contribution is 5.96. The van der Waals surface area contributed by atoms with Gasteiger partial charge >= 0.3 is 0 Å². The van der Waals surface area contributed by atoms with E-state index in [-0.39, 0.29) is 22.5 Å². The standard InChI is InChI=1S/C21H26N6O3/c1-3-23-20(28)15-12-16-19(24-17-5-4-14(2)13-27(17)21(16)29)26(18(15)22)7-6-25-8-10-30-11-9-25/h4-5,12-13,22H,3,6-11H2,1-2H3,(H,23,28). The molecule has 0 atom stereocenters. The monoisotopic (exact) mass is 410 g/mol. The van der Waals surface area contributed by atoms with Crippen molar-refractivity contribution in [1.29, 1.82) is 5.41 Å². The number of fused-ring (bicyclic) bond motifs is 2. The SMILES string of the molecule is CCNC(=O)c1cc2c(=O)n3cc(C)ccc3nc2n(CCN2CCOCC2)c1=N. The lowest BCUT2D eigenvalue weighted by molar-refractivity contribution is 0.0363. The first-order valence-electron chi connectivity index (χ1n) is 10.2. The number of nitrogens with zero attached hydrogens (tertiary/aromatic N) is 4. The number of carbonyl (C=O) groups is 1. The van der Waals surface area contributed by atoms with Gasteiger partial charge in [-0.3, -0.25) is 24.3 Å². The predicted molar refractivity (Wildman–Crippen MR) is 113 cm³/mol. The van der Waals surface area contributed by atoms with Gasteiger partial charge in [0.2, 0.25) is 0 Å². The molecule has 9 heteroatoms. The fraction of sp³-hybridized carbons (Fsp3) is 0.429. The smallest absolute Gasteiger partial charge is 0.267 e. The molecule has 4 rings (SSSR count). The van der Waals surface area contributed by atoms with Crippen LogP contribution in [0, 0.1) is 12.3 Å². The third-order valence-corrected chi connectivity index (χ3v) is 5.38. The van der Waals surface area contributed by atoms with E-state index >= 15 is 0 Å². The largest absolute Gasteiger partial charge is 0.379 e. The molecule has 2 N–H and O–H groups in total. The van der Waals surface area contributed by atoms with E-state index in [1.807, 2.05) is 19.9 Å². The summed E-state index contributed by atoms with van der Waals surface area (Å²) < 4.78 is 8.57.